The first kappa shape index (κ1) is 17.7. The number of ether oxygens (including phenoxy) is 1. The summed E-state index contributed by atoms with van der Waals surface area (Å²) < 4.78 is 4.51. The van der Waals surface area contributed by atoms with Crippen molar-refractivity contribution in [1.82, 2.24) is 0 Å². The van der Waals surface area contributed by atoms with Crippen molar-refractivity contribution in [3.05, 3.63) is 36.5 Å². The van der Waals surface area contributed by atoms with E-state index in [9.17, 15) is 15.0 Å². The average molecular weight is 294 g/mol. The molecule has 0 aliphatic heterocycles. The lowest BCUT2D eigenvalue weighted by atomic mass is 9.90. The van der Waals surface area contributed by atoms with Crippen LogP contribution in [0.1, 0.15) is 32.6 Å². The van der Waals surface area contributed by atoms with E-state index in [0.717, 1.165) is 12.8 Å². The molecule has 0 radical (unpaired) electrons. The van der Waals surface area contributed by atoms with Crippen molar-refractivity contribution in [1.29, 1.82) is 0 Å². The fourth-order valence-electron chi connectivity index (χ4n) is 2.71. The summed E-state index contributed by atoms with van der Waals surface area (Å²) in [5.74, 6) is -0.396. The Balaban J connectivity index is 2.57. The van der Waals surface area contributed by atoms with Crippen LogP contribution in [0.25, 0.3) is 0 Å². The summed E-state index contributed by atoms with van der Waals surface area (Å²) in [4.78, 5) is 11.1. The van der Waals surface area contributed by atoms with Crippen LogP contribution in [0.15, 0.2) is 36.5 Å². The quantitative estimate of drug-likeness (QED) is 0.327. The molecule has 0 spiro atoms. The summed E-state index contributed by atoms with van der Waals surface area (Å²) in [5.41, 5.74) is 0. The van der Waals surface area contributed by atoms with Gasteiger partial charge < -0.3 is 14.9 Å². The molecular weight excluding hydrogens is 268 g/mol. The third-order valence-corrected chi connectivity index (χ3v) is 3.83. The number of aliphatic hydroxyl groups is 2. The lowest BCUT2D eigenvalue weighted by Crippen LogP contribution is -2.21. The van der Waals surface area contributed by atoms with Gasteiger partial charge in [-0.2, -0.15) is 0 Å². The van der Waals surface area contributed by atoms with Crippen LogP contribution in [0.2, 0.25) is 0 Å². The maximum atomic E-state index is 11.1. The maximum absolute atomic E-state index is 11.1. The van der Waals surface area contributed by atoms with Crippen molar-refractivity contribution in [3.63, 3.8) is 0 Å². The number of esters is 1. The van der Waals surface area contributed by atoms with Crippen molar-refractivity contribution in [2.24, 2.45) is 11.8 Å². The third kappa shape index (κ3) is 6.27. The van der Waals surface area contributed by atoms with Gasteiger partial charge in [-0.05, 0) is 50.5 Å². The van der Waals surface area contributed by atoms with E-state index >= 15 is 0 Å². The molecule has 0 unspecified atom stereocenters. The van der Waals surface area contributed by atoms with Crippen molar-refractivity contribution in [2.75, 3.05) is 7.11 Å². The lowest BCUT2D eigenvalue weighted by molar-refractivity contribution is -0.134. The molecule has 0 bridgehead atoms. The highest BCUT2D eigenvalue weighted by molar-refractivity contribution is 5.81. The molecule has 4 atom stereocenters. The van der Waals surface area contributed by atoms with E-state index in [4.69, 9.17) is 0 Å². The molecule has 0 heterocycles. The highest BCUT2D eigenvalue weighted by Gasteiger charge is 2.35. The van der Waals surface area contributed by atoms with E-state index < -0.39 is 12.1 Å². The van der Waals surface area contributed by atoms with Gasteiger partial charge in [0, 0.05) is 6.08 Å². The first-order valence-corrected chi connectivity index (χ1v) is 7.48. The number of carbonyl (C=O) groups is 1. The molecule has 4 heteroatoms. The smallest absolute Gasteiger partial charge is 0.330 e. The number of hydrogen-bond acceptors (Lipinski definition) is 4. The molecule has 1 saturated carbocycles. The largest absolute Gasteiger partial charge is 0.466 e. The number of carbonyl (C=O) groups excluding carboxylic acids is 1. The minimum atomic E-state index is -0.744. The Morgan fingerprint density at radius 3 is 2.71 bits per heavy atom. The molecule has 0 aromatic carbocycles. The molecule has 0 aromatic rings. The number of allylic oxidation sites excluding steroid dienone is 4. The number of unbranched alkanes of at least 4 members (excludes halogenated alkanes) is 1. The van der Waals surface area contributed by atoms with Crippen molar-refractivity contribution >= 4 is 5.97 Å². The SMILES string of the molecule is C/C=C/CC/C=C/[C@@H]1C[C@H](O)C[C@H]1[C@H](O)/C=C/C(=O)OC. The van der Waals surface area contributed by atoms with Gasteiger partial charge in [0.05, 0.1) is 19.3 Å². The second-order valence-electron chi connectivity index (χ2n) is 5.40. The number of rotatable bonds is 7. The van der Waals surface area contributed by atoms with Crippen LogP contribution in [0.4, 0.5) is 0 Å². The van der Waals surface area contributed by atoms with Gasteiger partial charge >= 0.3 is 5.97 Å². The normalized spacial score (nSPS) is 27.9. The summed E-state index contributed by atoms with van der Waals surface area (Å²) in [7, 11) is 1.30. The standard InChI is InChI=1S/C17H26O4/c1-3-4-5-6-7-8-13-11-14(18)12-15(13)16(19)9-10-17(20)21-2/h3-4,7-10,13-16,18-19H,5-6,11-12H2,1-2H3/b4-3+,8-7+,10-9+/t13-,14+,15-,16-/m1/s1. The Hall–Kier alpha value is -1.39. The minimum absolute atomic E-state index is 0.0566. The second kappa shape index (κ2) is 9.53. The lowest BCUT2D eigenvalue weighted by Gasteiger charge is -2.19. The van der Waals surface area contributed by atoms with Gasteiger partial charge in [0.2, 0.25) is 0 Å². The zero-order valence-corrected chi connectivity index (χ0v) is 12.8. The topological polar surface area (TPSA) is 66.8 Å². The summed E-state index contributed by atoms with van der Waals surface area (Å²) in [6.45, 7) is 2.00. The van der Waals surface area contributed by atoms with Crippen molar-refractivity contribution < 1.29 is 19.7 Å². The van der Waals surface area contributed by atoms with Crippen molar-refractivity contribution in [2.45, 2.75) is 44.8 Å². The molecule has 4 nitrogen and oxygen atoms in total. The van der Waals surface area contributed by atoms with Crippen molar-refractivity contribution in [3.8, 4) is 0 Å². The van der Waals surface area contributed by atoms with E-state index in [1.54, 1.807) is 0 Å². The van der Waals surface area contributed by atoms with Gasteiger partial charge in [-0.15, -0.1) is 0 Å². The fraction of sp³-hybridized carbons (Fsp3) is 0.588. The fourth-order valence-corrected chi connectivity index (χ4v) is 2.71. The summed E-state index contributed by atoms with van der Waals surface area (Å²) >= 11 is 0. The average Bonchev–Trinajstić information content (AvgIpc) is 2.85. The maximum Gasteiger partial charge on any atom is 0.330 e. The Bertz CT molecular complexity index is 398. The Kier molecular flexibility index (Phi) is 8.01. The molecule has 0 saturated heterocycles. The monoisotopic (exact) mass is 294 g/mol. The zero-order chi connectivity index (χ0) is 15.7. The van der Waals surface area contributed by atoms with Gasteiger partial charge in [0.25, 0.3) is 0 Å². The van der Waals surface area contributed by atoms with Crippen LogP contribution in [0.5, 0.6) is 0 Å². The number of hydrogen-bond donors (Lipinski definition) is 2. The highest BCUT2D eigenvalue weighted by Crippen LogP contribution is 2.36. The molecular formula is C17H26O4. The van der Waals surface area contributed by atoms with Crippen LogP contribution in [0, 0.1) is 11.8 Å². The predicted octanol–water partition coefficient (Wildman–Crippen LogP) is 2.38. The first-order chi connectivity index (χ1) is 10.1. The van der Waals surface area contributed by atoms with Gasteiger partial charge in [-0.25, -0.2) is 4.79 Å². The predicted molar refractivity (Wildman–Crippen MR) is 82.6 cm³/mol. The van der Waals surface area contributed by atoms with E-state index in [2.05, 4.69) is 23.0 Å². The van der Waals surface area contributed by atoms with Gasteiger partial charge in [-0.1, -0.05) is 24.3 Å². The molecule has 2 N–H and O–H groups in total. The molecule has 21 heavy (non-hydrogen) atoms. The molecule has 0 aromatic heterocycles. The molecule has 0 amide bonds. The minimum Gasteiger partial charge on any atom is -0.466 e. The molecule has 1 fully saturated rings. The number of methoxy groups -OCH3 is 1. The van der Waals surface area contributed by atoms with Crippen LogP contribution in [0.3, 0.4) is 0 Å². The summed E-state index contributed by atoms with van der Waals surface area (Å²) in [6, 6.07) is 0. The zero-order valence-electron chi connectivity index (χ0n) is 12.8. The molecule has 1 aliphatic rings. The van der Waals surface area contributed by atoms with E-state index in [1.807, 2.05) is 13.0 Å². The first-order valence-electron chi connectivity index (χ1n) is 7.48. The van der Waals surface area contributed by atoms with E-state index in [1.165, 1.54) is 19.3 Å². The number of aliphatic hydroxyl groups excluding tert-OH is 2. The van der Waals surface area contributed by atoms with Crippen LogP contribution >= 0.6 is 0 Å². The van der Waals surface area contributed by atoms with Crippen LogP contribution < -0.4 is 0 Å². The van der Waals surface area contributed by atoms with Crippen LogP contribution in [-0.4, -0.2) is 35.5 Å². The molecule has 118 valence electrons. The highest BCUT2D eigenvalue weighted by atomic mass is 16.5. The Morgan fingerprint density at radius 1 is 1.33 bits per heavy atom. The van der Waals surface area contributed by atoms with Gasteiger partial charge in [0.1, 0.15) is 0 Å². The van der Waals surface area contributed by atoms with E-state index in [-0.39, 0.29) is 17.9 Å². The Labute approximate surface area is 126 Å². The van der Waals surface area contributed by atoms with E-state index in [0.29, 0.717) is 12.8 Å². The summed E-state index contributed by atoms with van der Waals surface area (Å²) in [5, 5.41) is 20.0. The molecule has 1 rings (SSSR count). The van der Waals surface area contributed by atoms with Gasteiger partial charge in [0.15, 0.2) is 0 Å². The second-order valence-corrected chi connectivity index (χ2v) is 5.40. The Morgan fingerprint density at radius 2 is 2.05 bits per heavy atom. The third-order valence-electron chi connectivity index (χ3n) is 3.83. The van der Waals surface area contributed by atoms with Gasteiger partial charge in [-0.3, -0.25) is 0 Å². The van der Waals surface area contributed by atoms with Crippen LogP contribution in [-0.2, 0) is 9.53 Å². The molecule has 1 aliphatic carbocycles. The summed E-state index contributed by atoms with van der Waals surface area (Å²) in [6.07, 6.45) is 13.0.